The van der Waals surface area contributed by atoms with Crippen LogP contribution in [-0.4, -0.2) is 43.0 Å². The van der Waals surface area contributed by atoms with Crippen LogP contribution < -0.4 is 15.5 Å². The molecule has 2 aromatic carbocycles. The van der Waals surface area contributed by atoms with E-state index in [-0.39, 0.29) is 31.7 Å². The van der Waals surface area contributed by atoms with Crippen LogP contribution in [0.1, 0.15) is 24.4 Å². The molecule has 0 aliphatic carbocycles. The van der Waals surface area contributed by atoms with Crippen LogP contribution in [0.5, 0.6) is 0 Å². The van der Waals surface area contributed by atoms with Crippen molar-refractivity contribution in [1.82, 2.24) is 10.3 Å². The Morgan fingerprint density at radius 2 is 1.75 bits per heavy atom. The number of rotatable bonds is 11. The minimum atomic E-state index is -1.25. The molecule has 0 saturated carbocycles. The zero-order valence-corrected chi connectivity index (χ0v) is 19.6. The van der Waals surface area contributed by atoms with Crippen LogP contribution >= 0.6 is 0 Å². The second kappa shape index (κ2) is 13.1. The summed E-state index contributed by atoms with van der Waals surface area (Å²) in [5, 5.41) is 5.27. The largest absolute Gasteiger partial charge is 0.383 e. The molecule has 1 atom stereocenters. The number of methoxy groups -OCH3 is 1. The molecule has 0 spiro atoms. The van der Waals surface area contributed by atoms with Crippen LogP contribution in [-0.2, 0) is 19.1 Å². The number of aromatic nitrogens is 1. The van der Waals surface area contributed by atoms with E-state index in [2.05, 4.69) is 15.6 Å². The van der Waals surface area contributed by atoms with Crippen molar-refractivity contribution in [2.45, 2.75) is 18.9 Å². The molecular weight excluding hydrogens is 470 g/mol. The van der Waals surface area contributed by atoms with Gasteiger partial charge in [0.05, 0.1) is 6.61 Å². The highest BCUT2D eigenvalue weighted by Crippen LogP contribution is 2.30. The molecule has 3 amide bonds. The van der Waals surface area contributed by atoms with Gasteiger partial charge in [0.1, 0.15) is 23.5 Å². The summed E-state index contributed by atoms with van der Waals surface area (Å²) in [5.74, 6) is -2.44. The Morgan fingerprint density at radius 3 is 2.42 bits per heavy atom. The smallest absolute Gasteiger partial charge is 0.247 e. The van der Waals surface area contributed by atoms with Gasteiger partial charge < -0.3 is 15.4 Å². The van der Waals surface area contributed by atoms with Crippen molar-refractivity contribution in [2.75, 3.05) is 30.5 Å². The number of ether oxygens (including phenoxy) is 1. The Kier molecular flexibility index (Phi) is 9.58. The number of anilines is 2. The Hall–Kier alpha value is -4.18. The molecule has 188 valence electrons. The van der Waals surface area contributed by atoms with E-state index >= 15 is 0 Å². The molecule has 0 aliphatic heterocycles. The zero-order chi connectivity index (χ0) is 25.9. The maximum Gasteiger partial charge on any atom is 0.247 e. The summed E-state index contributed by atoms with van der Waals surface area (Å²) >= 11 is 0. The van der Waals surface area contributed by atoms with E-state index in [1.165, 1.54) is 55.8 Å². The minimum Gasteiger partial charge on any atom is -0.383 e. The first-order valence-electron chi connectivity index (χ1n) is 11.2. The van der Waals surface area contributed by atoms with E-state index in [1.807, 2.05) is 0 Å². The van der Waals surface area contributed by atoms with Crippen molar-refractivity contribution < 1.29 is 27.9 Å². The van der Waals surface area contributed by atoms with Crippen LogP contribution in [0.4, 0.5) is 20.3 Å². The number of nitrogens with zero attached hydrogens (tertiary/aromatic N) is 2. The van der Waals surface area contributed by atoms with Gasteiger partial charge in [-0.2, -0.15) is 0 Å². The number of hydrogen-bond acceptors (Lipinski definition) is 5. The molecule has 8 nitrogen and oxygen atoms in total. The van der Waals surface area contributed by atoms with E-state index in [0.29, 0.717) is 11.4 Å². The molecule has 0 radical (unpaired) electrons. The van der Waals surface area contributed by atoms with Crippen molar-refractivity contribution in [1.29, 1.82) is 0 Å². The summed E-state index contributed by atoms with van der Waals surface area (Å²) in [7, 11) is 1.47. The van der Waals surface area contributed by atoms with Crippen LogP contribution in [0.3, 0.4) is 0 Å². The van der Waals surface area contributed by atoms with E-state index < -0.39 is 35.4 Å². The molecule has 0 bridgehead atoms. The lowest BCUT2D eigenvalue weighted by Gasteiger charge is -2.31. The molecule has 2 N–H and O–H groups in total. The van der Waals surface area contributed by atoms with E-state index in [0.717, 1.165) is 11.0 Å². The first kappa shape index (κ1) is 26.4. The molecule has 0 saturated heterocycles. The lowest BCUT2D eigenvalue weighted by molar-refractivity contribution is -0.127. The molecule has 3 rings (SSSR count). The van der Waals surface area contributed by atoms with Crippen molar-refractivity contribution in [2.24, 2.45) is 0 Å². The number of hydrogen-bond donors (Lipinski definition) is 2. The van der Waals surface area contributed by atoms with Crippen LogP contribution in [0, 0.1) is 11.6 Å². The number of halogens is 2. The summed E-state index contributed by atoms with van der Waals surface area (Å²) < 4.78 is 32.7. The molecule has 1 heterocycles. The number of carbonyl (C=O) groups is 3. The highest BCUT2D eigenvalue weighted by Gasteiger charge is 2.33. The Balaban J connectivity index is 1.90. The fourth-order valence-electron chi connectivity index (χ4n) is 3.48. The molecule has 3 aromatic rings. The van der Waals surface area contributed by atoms with Gasteiger partial charge in [-0.15, -0.1) is 0 Å². The van der Waals surface area contributed by atoms with E-state index in [4.69, 9.17) is 4.74 Å². The van der Waals surface area contributed by atoms with E-state index in [1.54, 1.807) is 18.2 Å². The number of benzene rings is 2. The minimum absolute atomic E-state index is 0.112. The average Bonchev–Trinajstić information content (AvgIpc) is 2.87. The van der Waals surface area contributed by atoms with Gasteiger partial charge in [0.15, 0.2) is 0 Å². The second-order valence-corrected chi connectivity index (χ2v) is 7.74. The molecule has 0 unspecified atom stereocenters. The van der Waals surface area contributed by atoms with Gasteiger partial charge in [-0.05, 0) is 48.0 Å². The van der Waals surface area contributed by atoms with Crippen molar-refractivity contribution in [3.05, 3.63) is 90.1 Å². The average molecular weight is 497 g/mol. The van der Waals surface area contributed by atoms with Gasteiger partial charge in [-0.1, -0.05) is 24.3 Å². The van der Waals surface area contributed by atoms with Crippen molar-refractivity contribution >= 4 is 29.2 Å². The molecular formula is C26H26F2N4O4. The Labute approximate surface area is 207 Å². The highest BCUT2D eigenvalue weighted by atomic mass is 19.1. The SMILES string of the molecule is COCCNC(=O)[C@@H](c1ccc(F)cc1)N(C(=O)CCC(=O)Nc1ccccn1)c1cccc(F)c1. The Bertz CT molecular complexity index is 1180. The van der Waals surface area contributed by atoms with Gasteiger partial charge in [0, 0.05) is 38.4 Å². The number of nitrogens with one attached hydrogen (secondary N) is 2. The fraction of sp³-hybridized carbons (Fsp3) is 0.231. The molecule has 36 heavy (non-hydrogen) atoms. The standard InChI is InChI=1S/C26H26F2N4O4/c1-36-16-15-30-26(35)25(18-8-10-19(27)11-9-18)32(21-6-4-5-20(28)17-21)24(34)13-12-23(33)31-22-7-2-3-14-29-22/h2-11,14,17,25H,12-13,15-16H2,1H3,(H,30,35)(H,29,31,33)/t25-/m1/s1. The van der Waals surface area contributed by atoms with Crippen LogP contribution in [0.2, 0.25) is 0 Å². The fourth-order valence-corrected chi connectivity index (χ4v) is 3.48. The monoisotopic (exact) mass is 496 g/mol. The number of pyridine rings is 1. The maximum atomic E-state index is 14.1. The van der Waals surface area contributed by atoms with Gasteiger partial charge in [-0.25, -0.2) is 13.8 Å². The van der Waals surface area contributed by atoms with Crippen LogP contribution in [0.15, 0.2) is 72.9 Å². The van der Waals surface area contributed by atoms with Gasteiger partial charge in [-0.3, -0.25) is 19.3 Å². The first-order chi connectivity index (χ1) is 17.4. The quantitative estimate of drug-likeness (QED) is 0.395. The predicted molar refractivity (Wildman–Crippen MR) is 130 cm³/mol. The molecule has 0 fully saturated rings. The second-order valence-electron chi connectivity index (χ2n) is 7.74. The third-order valence-corrected chi connectivity index (χ3v) is 5.15. The summed E-state index contributed by atoms with van der Waals surface area (Å²) in [6.07, 6.45) is 1.03. The third kappa shape index (κ3) is 7.41. The summed E-state index contributed by atoms with van der Waals surface area (Å²) in [6.45, 7) is 0.383. The Morgan fingerprint density at radius 1 is 0.972 bits per heavy atom. The first-order valence-corrected chi connectivity index (χ1v) is 11.2. The molecule has 0 aliphatic rings. The summed E-state index contributed by atoms with van der Waals surface area (Å²) in [5.41, 5.74) is 0.420. The number of amides is 3. The molecule has 1 aromatic heterocycles. The third-order valence-electron chi connectivity index (χ3n) is 5.15. The molecule has 10 heteroatoms. The summed E-state index contributed by atoms with van der Waals surface area (Å²) in [6, 6.07) is 14.0. The van der Waals surface area contributed by atoms with Crippen molar-refractivity contribution in [3.63, 3.8) is 0 Å². The maximum absolute atomic E-state index is 14.1. The summed E-state index contributed by atoms with van der Waals surface area (Å²) in [4.78, 5) is 44.2. The number of carbonyl (C=O) groups excluding carboxylic acids is 3. The van der Waals surface area contributed by atoms with Crippen molar-refractivity contribution in [3.8, 4) is 0 Å². The van der Waals surface area contributed by atoms with Gasteiger partial charge in [0.2, 0.25) is 17.7 Å². The normalized spacial score (nSPS) is 11.4. The lowest BCUT2D eigenvalue weighted by Crippen LogP contribution is -2.45. The topological polar surface area (TPSA) is 101 Å². The highest BCUT2D eigenvalue weighted by molar-refractivity contribution is 6.03. The van der Waals surface area contributed by atoms with Gasteiger partial charge in [0.25, 0.3) is 0 Å². The zero-order valence-electron chi connectivity index (χ0n) is 19.6. The van der Waals surface area contributed by atoms with Crippen LogP contribution in [0.25, 0.3) is 0 Å². The lowest BCUT2D eigenvalue weighted by atomic mass is 10.0. The predicted octanol–water partition coefficient (Wildman–Crippen LogP) is 3.62. The van der Waals surface area contributed by atoms with E-state index in [9.17, 15) is 23.2 Å². The van der Waals surface area contributed by atoms with Gasteiger partial charge >= 0.3 is 0 Å².